The molecule has 1 aromatic heterocycles. The molecule has 1 heterocycles. The van der Waals surface area contributed by atoms with Gasteiger partial charge in [-0.1, -0.05) is 16.8 Å². The fraction of sp³-hybridized carbons (Fsp3) is 0.231. The molecule has 104 valence electrons. The van der Waals surface area contributed by atoms with Gasteiger partial charge in [-0.25, -0.2) is 4.79 Å². The number of nitrogens with zero attached hydrogens (tertiary/aromatic N) is 2. The minimum Gasteiger partial charge on any atom is -0.461 e. The standard InChI is InChI=1S/C13H12N2O5/c1-3-19-13(16)12-10(7-20-14-12)9-6-8(2)4-5-11(9)15(17)18/h4-7H,3H2,1-2H3. The number of benzene rings is 1. The van der Waals surface area contributed by atoms with E-state index in [0.29, 0.717) is 0 Å². The third-order valence-corrected chi connectivity index (χ3v) is 2.68. The van der Waals surface area contributed by atoms with Gasteiger partial charge in [-0.2, -0.15) is 0 Å². The number of rotatable bonds is 4. The first-order chi connectivity index (χ1) is 9.54. The van der Waals surface area contributed by atoms with Gasteiger partial charge in [0.2, 0.25) is 0 Å². The molecule has 0 saturated carbocycles. The number of aromatic nitrogens is 1. The van der Waals surface area contributed by atoms with E-state index in [4.69, 9.17) is 9.26 Å². The summed E-state index contributed by atoms with van der Waals surface area (Å²) in [5.74, 6) is -0.674. The molecule has 0 aliphatic carbocycles. The van der Waals surface area contributed by atoms with Gasteiger partial charge in [-0.05, 0) is 19.9 Å². The lowest BCUT2D eigenvalue weighted by atomic mass is 10.0. The van der Waals surface area contributed by atoms with Gasteiger partial charge in [0.15, 0.2) is 5.69 Å². The van der Waals surface area contributed by atoms with Crippen LogP contribution in [0.15, 0.2) is 29.0 Å². The molecule has 0 atom stereocenters. The van der Waals surface area contributed by atoms with Crippen molar-refractivity contribution in [3.63, 3.8) is 0 Å². The van der Waals surface area contributed by atoms with E-state index in [0.717, 1.165) is 5.56 Å². The molecule has 2 aromatic rings. The van der Waals surface area contributed by atoms with Crippen molar-refractivity contribution in [2.75, 3.05) is 6.61 Å². The average Bonchev–Trinajstić information content (AvgIpc) is 2.87. The highest BCUT2D eigenvalue weighted by molar-refractivity contribution is 5.96. The highest BCUT2D eigenvalue weighted by Gasteiger charge is 2.24. The maximum atomic E-state index is 11.8. The summed E-state index contributed by atoms with van der Waals surface area (Å²) in [6.07, 6.45) is 1.20. The van der Waals surface area contributed by atoms with Gasteiger partial charge in [0.05, 0.1) is 22.7 Å². The Morgan fingerprint density at radius 3 is 2.85 bits per heavy atom. The normalized spacial score (nSPS) is 10.3. The van der Waals surface area contributed by atoms with Gasteiger partial charge in [0.25, 0.3) is 5.69 Å². The summed E-state index contributed by atoms with van der Waals surface area (Å²) in [7, 11) is 0. The highest BCUT2D eigenvalue weighted by Crippen LogP contribution is 2.33. The van der Waals surface area contributed by atoms with Crippen LogP contribution in [0.4, 0.5) is 5.69 Å². The molecule has 2 rings (SSSR count). The van der Waals surface area contributed by atoms with Crippen molar-refractivity contribution < 1.29 is 19.0 Å². The van der Waals surface area contributed by atoms with Crippen LogP contribution in [0.1, 0.15) is 23.0 Å². The lowest BCUT2D eigenvalue weighted by molar-refractivity contribution is -0.384. The molecule has 0 N–H and O–H groups in total. The van der Waals surface area contributed by atoms with Crippen LogP contribution in [0.2, 0.25) is 0 Å². The number of aryl methyl sites for hydroxylation is 1. The second kappa shape index (κ2) is 5.52. The van der Waals surface area contributed by atoms with E-state index in [2.05, 4.69) is 5.16 Å². The second-order valence-corrected chi connectivity index (χ2v) is 4.08. The Morgan fingerprint density at radius 2 is 2.20 bits per heavy atom. The Balaban J connectivity index is 2.57. The van der Waals surface area contributed by atoms with Crippen LogP contribution in [-0.2, 0) is 4.74 Å². The number of carbonyl (C=O) groups excluding carboxylic acids is 1. The van der Waals surface area contributed by atoms with Crippen molar-refractivity contribution >= 4 is 11.7 Å². The van der Waals surface area contributed by atoms with E-state index < -0.39 is 10.9 Å². The number of carbonyl (C=O) groups is 1. The van der Waals surface area contributed by atoms with Crippen molar-refractivity contribution in [1.82, 2.24) is 5.16 Å². The molecule has 0 aliphatic heterocycles. The van der Waals surface area contributed by atoms with Crippen LogP contribution in [-0.4, -0.2) is 22.7 Å². The molecule has 0 fully saturated rings. The summed E-state index contributed by atoms with van der Waals surface area (Å²) < 4.78 is 9.62. The predicted octanol–water partition coefficient (Wildman–Crippen LogP) is 2.73. The zero-order chi connectivity index (χ0) is 14.7. The molecule has 0 unspecified atom stereocenters. The Morgan fingerprint density at radius 1 is 1.45 bits per heavy atom. The molecule has 7 nitrogen and oxygen atoms in total. The molecular formula is C13H12N2O5. The van der Waals surface area contributed by atoms with E-state index in [-0.39, 0.29) is 29.1 Å². The number of nitro benzene ring substituents is 1. The van der Waals surface area contributed by atoms with E-state index >= 15 is 0 Å². The Bertz CT molecular complexity index is 663. The summed E-state index contributed by atoms with van der Waals surface area (Å²) in [5.41, 5.74) is 1.16. The fourth-order valence-electron chi connectivity index (χ4n) is 1.80. The number of hydrogen-bond acceptors (Lipinski definition) is 6. The van der Waals surface area contributed by atoms with E-state index in [1.165, 1.54) is 12.3 Å². The van der Waals surface area contributed by atoms with Crippen LogP contribution >= 0.6 is 0 Å². The maximum Gasteiger partial charge on any atom is 0.361 e. The van der Waals surface area contributed by atoms with E-state index in [9.17, 15) is 14.9 Å². The minimum atomic E-state index is -0.674. The topological polar surface area (TPSA) is 95.5 Å². The third-order valence-electron chi connectivity index (χ3n) is 2.68. The summed E-state index contributed by atoms with van der Waals surface area (Å²) >= 11 is 0. The van der Waals surface area contributed by atoms with Crippen LogP contribution in [0.5, 0.6) is 0 Å². The number of hydrogen-bond donors (Lipinski definition) is 0. The number of esters is 1. The molecular weight excluding hydrogens is 264 g/mol. The Hall–Kier alpha value is -2.70. The first-order valence-electron chi connectivity index (χ1n) is 5.91. The van der Waals surface area contributed by atoms with Gasteiger partial charge in [0.1, 0.15) is 6.26 Å². The molecule has 1 aromatic carbocycles. The Labute approximate surface area is 114 Å². The molecule has 0 amide bonds. The zero-order valence-corrected chi connectivity index (χ0v) is 11.0. The second-order valence-electron chi connectivity index (χ2n) is 4.08. The van der Waals surface area contributed by atoms with Crippen molar-refractivity contribution in [3.05, 3.63) is 45.8 Å². The first-order valence-corrected chi connectivity index (χ1v) is 5.91. The fourth-order valence-corrected chi connectivity index (χ4v) is 1.80. The van der Waals surface area contributed by atoms with Gasteiger partial charge >= 0.3 is 5.97 Å². The molecule has 7 heteroatoms. The SMILES string of the molecule is CCOC(=O)c1nocc1-c1cc(C)ccc1[N+](=O)[O-]. The molecule has 0 saturated heterocycles. The average molecular weight is 276 g/mol. The van der Waals surface area contributed by atoms with Crippen molar-refractivity contribution in [3.8, 4) is 11.1 Å². The first kappa shape index (κ1) is 13.7. The van der Waals surface area contributed by atoms with Crippen molar-refractivity contribution in [1.29, 1.82) is 0 Å². The lowest BCUT2D eigenvalue weighted by Crippen LogP contribution is -2.07. The van der Waals surface area contributed by atoms with Crippen molar-refractivity contribution in [2.45, 2.75) is 13.8 Å². The lowest BCUT2D eigenvalue weighted by Gasteiger charge is -2.04. The number of ether oxygens (including phenoxy) is 1. The monoisotopic (exact) mass is 276 g/mol. The Kier molecular flexibility index (Phi) is 3.79. The summed E-state index contributed by atoms with van der Waals surface area (Å²) in [5, 5.41) is 14.6. The van der Waals surface area contributed by atoms with Gasteiger partial charge in [-0.3, -0.25) is 10.1 Å². The highest BCUT2D eigenvalue weighted by atomic mass is 16.6. The summed E-state index contributed by atoms with van der Waals surface area (Å²) in [4.78, 5) is 22.3. The molecule has 0 bridgehead atoms. The van der Waals surface area contributed by atoms with Crippen molar-refractivity contribution in [2.24, 2.45) is 0 Å². The molecule has 0 spiro atoms. The van der Waals surface area contributed by atoms with Crippen LogP contribution < -0.4 is 0 Å². The summed E-state index contributed by atoms with van der Waals surface area (Å²) in [6.45, 7) is 3.64. The van der Waals surface area contributed by atoms with Crippen LogP contribution in [0.3, 0.4) is 0 Å². The van der Waals surface area contributed by atoms with Crippen LogP contribution in [0, 0.1) is 17.0 Å². The third kappa shape index (κ3) is 2.51. The van der Waals surface area contributed by atoms with Gasteiger partial charge < -0.3 is 9.26 Å². The number of nitro groups is 1. The molecule has 0 radical (unpaired) electrons. The largest absolute Gasteiger partial charge is 0.461 e. The summed E-state index contributed by atoms with van der Waals surface area (Å²) in [6, 6.07) is 4.61. The predicted molar refractivity (Wildman–Crippen MR) is 69.3 cm³/mol. The van der Waals surface area contributed by atoms with Crippen LogP contribution in [0.25, 0.3) is 11.1 Å². The van der Waals surface area contributed by atoms with Gasteiger partial charge in [0, 0.05) is 6.07 Å². The maximum absolute atomic E-state index is 11.8. The van der Waals surface area contributed by atoms with Gasteiger partial charge in [-0.15, -0.1) is 0 Å². The smallest absolute Gasteiger partial charge is 0.361 e. The molecule has 20 heavy (non-hydrogen) atoms. The quantitative estimate of drug-likeness (QED) is 0.484. The molecule has 0 aliphatic rings. The van der Waals surface area contributed by atoms with E-state index in [1.54, 1.807) is 26.0 Å². The minimum absolute atomic E-state index is 0.0689. The van der Waals surface area contributed by atoms with E-state index in [1.807, 2.05) is 0 Å². The zero-order valence-electron chi connectivity index (χ0n) is 11.0.